The number of halogens is 1. The van der Waals surface area contributed by atoms with Gasteiger partial charge in [0, 0.05) is 18.2 Å². The first-order valence-electron chi connectivity index (χ1n) is 10.1. The van der Waals surface area contributed by atoms with Crippen LogP contribution >= 0.6 is 0 Å². The van der Waals surface area contributed by atoms with Gasteiger partial charge in [0.2, 0.25) is 5.91 Å². The molecular weight excluding hydrogens is 361 g/mol. The van der Waals surface area contributed by atoms with E-state index in [1.165, 1.54) is 6.07 Å². The van der Waals surface area contributed by atoms with E-state index in [4.69, 9.17) is 0 Å². The molecule has 2 atom stereocenters. The first kappa shape index (κ1) is 18.9. The summed E-state index contributed by atoms with van der Waals surface area (Å²) < 4.78 is 14.0. The second-order valence-electron chi connectivity index (χ2n) is 8.28. The summed E-state index contributed by atoms with van der Waals surface area (Å²) in [6.07, 6.45) is 5.16. The number of rotatable bonds is 5. The van der Waals surface area contributed by atoms with Crippen LogP contribution in [0.1, 0.15) is 51.0 Å². The Balaban J connectivity index is 1.49. The summed E-state index contributed by atoms with van der Waals surface area (Å²) in [5.74, 6) is -0.906. The number of nitrogens with one attached hydrogen (secondary N) is 1. The zero-order valence-corrected chi connectivity index (χ0v) is 16.1. The fraction of sp³-hybridized carbons (Fsp3) is 0.571. The first-order valence-corrected chi connectivity index (χ1v) is 10.1. The van der Waals surface area contributed by atoms with Gasteiger partial charge in [-0.15, -0.1) is 0 Å². The van der Waals surface area contributed by atoms with Gasteiger partial charge >= 0.3 is 6.03 Å². The average molecular weight is 387 g/mol. The summed E-state index contributed by atoms with van der Waals surface area (Å²) in [5, 5.41) is 2.87. The molecule has 28 heavy (non-hydrogen) atoms. The van der Waals surface area contributed by atoms with Crippen LogP contribution in [0.15, 0.2) is 24.3 Å². The lowest BCUT2D eigenvalue weighted by Crippen LogP contribution is -2.54. The normalized spacial score (nSPS) is 27.2. The van der Waals surface area contributed by atoms with Gasteiger partial charge in [-0.05, 0) is 37.7 Å². The first-order chi connectivity index (χ1) is 13.4. The van der Waals surface area contributed by atoms with Crippen LogP contribution in [-0.4, -0.2) is 45.8 Å². The van der Waals surface area contributed by atoms with E-state index in [2.05, 4.69) is 5.32 Å². The van der Waals surface area contributed by atoms with Gasteiger partial charge < -0.3 is 10.2 Å². The third-order valence-corrected chi connectivity index (χ3v) is 6.40. The molecule has 1 saturated heterocycles. The third kappa shape index (κ3) is 3.27. The molecule has 3 aliphatic rings. The second kappa shape index (κ2) is 7.18. The molecule has 7 heteroatoms. The summed E-state index contributed by atoms with van der Waals surface area (Å²) in [5.41, 5.74) is -0.428. The quantitative estimate of drug-likeness (QED) is 0.790. The van der Waals surface area contributed by atoms with E-state index in [1.807, 2.05) is 6.92 Å². The van der Waals surface area contributed by atoms with E-state index in [0.29, 0.717) is 12.0 Å². The minimum Gasteiger partial charge on any atom is -0.334 e. The molecule has 1 aromatic carbocycles. The number of carbonyl (C=O) groups excluding carboxylic acids is 3. The lowest BCUT2D eigenvalue weighted by molar-refractivity contribution is -0.141. The molecule has 0 radical (unpaired) electrons. The highest BCUT2D eigenvalue weighted by Crippen LogP contribution is 2.38. The molecule has 6 nitrogen and oxygen atoms in total. The average Bonchev–Trinajstić information content (AvgIpc) is 3.48. The molecule has 2 saturated carbocycles. The van der Waals surface area contributed by atoms with Crippen LogP contribution in [-0.2, 0) is 16.1 Å². The molecule has 3 fully saturated rings. The van der Waals surface area contributed by atoms with Gasteiger partial charge in [-0.1, -0.05) is 38.0 Å². The van der Waals surface area contributed by atoms with Crippen molar-refractivity contribution in [3.63, 3.8) is 0 Å². The van der Waals surface area contributed by atoms with Crippen LogP contribution < -0.4 is 5.32 Å². The Bertz CT molecular complexity index is 810. The van der Waals surface area contributed by atoms with Crippen LogP contribution in [0.4, 0.5) is 9.18 Å². The molecule has 1 N–H and O–H groups in total. The largest absolute Gasteiger partial charge is 0.334 e. The summed E-state index contributed by atoms with van der Waals surface area (Å²) in [4.78, 5) is 41.2. The number of amides is 4. The number of urea groups is 1. The summed E-state index contributed by atoms with van der Waals surface area (Å²) in [7, 11) is 0. The lowest BCUT2D eigenvalue weighted by Gasteiger charge is -2.36. The maximum Gasteiger partial charge on any atom is 0.325 e. The van der Waals surface area contributed by atoms with Crippen molar-refractivity contribution >= 4 is 17.8 Å². The monoisotopic (exact) mass is 387 g/mol. The molecule has 0 unspecified atom stereocenters. The van der Waals surface area contributed by atoms with E-state index in [0.717, 1.165) is 37.0 Å². The van der Waals surface area contributed by atoms with Crippen molar-refractivity contribution in [2.24, 2.45) is 5.92 Å². The molecule has 4 rings (SSSR count). The SMILES string of the molecule is C[C@@H]1CCCC[C@@]12NC(=O)N(CC(=O)N(Cc1ccccc1F)C1CC1)C2=O. The molecule has 150 valence electrons. The Morgan fingerprint density at radius 1 is 1.25 bits per heavy atom. The van der Waals surface area contributed by atoms with Gasteiger partial charge in [0.25, 0.3) is 5.91 Å². The minimum absolute atomic E-state index is 0.0513. The predicted molar refractivity (Wildman–Crippen MR) is 101 cm³/mol. The molecule has 4 amide bonds. The molecule has 0 bridgehead atoms. The standard InChI is InChI=1S/C21H26FN3O3/c1-14-6-4-5-11-21(14)19(27)25(20(28)23-21)13-18(26)24(16-9-10-16)12-15-7-2-3-8-17(15)22/h2-3,7-8,14,16H,4-6,9-13H2,1H3,(H,23,28)/t14-,21-/m1/s1. The Labute approximate surface area is 164 Å². The zero-order valence-electron chi connectivity index (χ0n) is 16.1. The second-order valence-corrected chi connectivity index (χ2v) is 8.28. The fourth-order valence-electron chi connectivity index (χ4n) is 4.48. The number of nitrogens with zero attached hydrogens (tertiary/aromatic N) is 2. The van der Waals surface area contributed by atoms with E-state index in [1.54, 1.807) is 23.1 Å². The molecule has 2 aliphatic carbocycles. The van der Waals surface area contributed by atoms with Crippen LogP contribution in [0.3, 0.4) is 0 Å². The Morgan fingerprint density at radius 3 is 2.68 bits per heavy atom. The Hall–Kier alpha value is -2.44. The van der Waals surface area contributed by atoms with Crippen molar-refractivity contribution in [1.82, 2.24) is 15.1 Å². The van der Waals surface area contributed by atoms with Crippen LogP contribution in [0, 0.1) is 11.7 Å². The van der Waals surface area contributed by atoms with Crippen molar-refractivity contribution < 1.29 is 18.8 Å². The Kier molecular flexibility index (Phi) is 4.85. The molecule has 0 aromatic heterocycles. The van der Waals surface area contributed by atoms with Gasteiger partial charge in [-0.25, -0.2) is 9.18 Å². The van der Waals surface area contributed by atoms with Crippen LogP contribution in [0.2, 0.25) is 0 Å². The summed E-state index contributed by atoms with van der Waals surface area (Å²) in [6.45, 7) is 1.85. The fourth-order valence-corrected chi connectivity index (χ4v) is 4.48. The summed E-state index contributed by atoms with van der Waals surface area (Å²) in [6, 6.07) is 5.94. The van der Waals surface area contributed by atoms with Crippen LogP contribution in [0.5, 0.6) is 0 Å². The highest BCUT2D eigenvalue weighted by Gasteiger charge is 2.55. The number of imide groups is 1. The number of benzene rings is 1. The number of hydrogen-bond acceptors (Lipinski definition) is 3. The molecule has 1 aliphatic heterocycles. The van der Waals surface area contributed by atoms with Crippen molar-refractivity contribution in [1.29, 1.82) is 0 Å². The van der Waals surface area contributed by atoms with Crippen molar-refractivity contribution in [3.05, 3.63) is 35.6 Å². The van der Waals surface area contributed by atoms with E-state index in [-0.39, 0.29) is 42.7 Å². The lowest BCUT2D eigenvalue weighted by atomic mass is 9.73. The number of hydrogen-bond donors (Lipinski definition) is 1. The smallest absolute Gasteiger partial charge is 0.325 e. The maximum atomic E-state index is 14.0. The highest BCUT2D eigenvalue weighted by molar-refractivity contribution is 6.09. The van der Waals surface area contributed by atoms with E-state index < -0.39 is 11.6 Å². The minimum atomic E-state index is -0.869. The highest BCUT2D eigenvalue weighted by atomic mass is 19.1. The van der Waals surface area contributed by atoms with E-state index >= 15 is 0 Å². The van der Waals surface area contributed by atoms with Crippen molar-refractivity contribution in [2.75, 3.05) is 6.54 Å². The Morgan fingerprint density at radius 2 is 2.00 bits per heavy atom. The zero-order chi connectivity index (χ0) is 19.9. The number of carbonyl (C=O) groups is 3. The predicted octanol–water partition coefficient (Wildman–Crippen LogP) is 2.82. The molecule has 1 spiro atoms. The molecule has 1 heterocycles. The van der Waals surface area contributed by atoms with Gasteiger partial charge in [-0.2, -0.15) is 0 Å². The maximum absolute atomic E-state index is 14.0. The van der Waals surface area contributed by atoms with Gasteiger partial charge in [0.1, 0.15) is 17.9 Å². The van der Waals surface area contributed by atoms with E-state index in [9.17, 15) is 18.8 Å². The molecular formula is C21H26FN3O3. The van der Waals surface area contributed by atoms with Crippen molar-refractivity contribution in [3.8, 4) is 0 Å². The third-order valence-electron chi connectivity index (χ3n) is 6.40. The topological polar surface area (TPSA) is 69.7 Å². The summed E-state index contributed by atoms with van der Waals surface area (Å²) >= 11 is 0. The van der Waals surface area contributed by atoms with Gasteiger partial charge in [-0.3, -0.25) is 14.5 Å². The molecule has 1 aromatic rings. The van der Waals surface area contributed by atoms with Crippen LogP contribution in [0.25, 0.3) is 0 Å². The van der Waals surface area contributed by atoms with Gasteiger partial charge in [0.05, 0.1) is 0 Å². The van der Waals surface area contributed by atoms with Gasteiger partial charge in [0.15, 0.2) is 0 Å². The van der Waals surface area contributed by atoms with Crippen molar-refractivity contribution in [2.45, 2.75) is 63.6 Å².